The van der Waals surface area contributed by atoms with Gasteiger partial charge in [0.05, 0.1) is 22.9 Å². The van der Waals surface area contributed by atoms with Gasteiger partial charge in [-0.2, -0.15) is 0 Å². The van der Waals surface area contributed by atoms with E-state index in [9.17, 15) is 14.0 Å². The van der Waals surface area contributed by atoms with E-state index < -0.39 is 5.41 Å². The first kappa shape index (κ1) is 31.1. The number of carbonyl (C=O) groups excluding carboxylic acids is 2. The molecule has 0 atom stereocenters. The van der Waals surface area contributed by atoms with Crippen LogP contribution in [0.15, 0.2) is 66.9 Å². The molecule has 2 fully saturated rings. The molecule has 7 rings (SSSR count). The molecule has 0 radical (unpaired) electrons. The second kappa shape index (κ2) is 13.7. The summed E-state index contributed by atoms with van der Waals surface area (Å²) in [5.41, 5.74) is 1.26. The molecular formula is C38H39FN2O6. The van der Waals surface area contributed by atoms with E-state index in [4.69, 9.17) is 18.9 Å². The summed E-state index contributed by atoms with van der Waals surface area (Å²) in [6.45, 7) is 4.76. The number of ether oxygens (including phenoxy) is 4. The fraction of sp³-hybridized carbons (Fsp3) is 0.395. The fourth-order valence-corrected chi connectivity index (χ4v) is 6.57. The number of ketones is 2. The lowest BCUT2D eigenvalue weighted by molar-refractivity contribution is -0.133. The highest BCUT2D eigenvalue weighted by Gasteiger charge is 2.54. The van der Waals surface area contributed by atoms with Gasteiger partial charge < -0.3 is 23.8 Å². The van der Waals surface area contributed by atoms with Crippen LogP contribution in [0.3, 0.4) is 0 Å². The van der Waals surface area contributed by atoms with Gasteiger partial charge in [0.25, 0.3) is 0 Å². The maximum atomic E-state index is 13.3. The Hall–Kier alpha value is -4.50. The van der Waals surface area contributed by atoms with Crippen LogP contribution < -0.4 is 18.9 Å². The summed E-state index contributed by atoms with van der Waals surface area (Å²) in [5, 5.41) is 0.706. The third kappa shape index (κ3) is 6.95. The molecular weight excluding hydrogens is 599 g/mol. The van der Waals surface area contributed by atoms with E-state index in [2.05, 4.69) is 9.88 Å². The van der Waals surface area contributed by atoms with E-state index >= 15 is 0 Å². The molecule has 0 amide bonds. The number of fused-ring (bicyclic) bond motifs is 3. The van der Waals surface area contributed by atoms with E-state index in [0.717, 1.165) is 31.6 Å². The largest absolute Gasteiger partial charge is 0.489 e. The molecule has 3 aromatic carbocycles. The molecule has 1 aliphatic carbocycles. The van der Waals surface area contributed by atoms with Crippen LogP contribution >= 0.6 is 0 Å². The van der Waals surface area contributed by atoms with Crippen LogP contribution in [0, 0.1) is 11.2 Å². The van der Waals surface area contributed by atoms with Gasteiger partial charge in [0, 0.05) is 31.6 Å². The average molecular weight is 639 g/mol. The van der Waals surface area contributed by atoms with Crippen molar-refractivity contribution < 1.29 is 32.9 Å². The molecule has 47 heavy (non-hydrogen) atoms. The van der Waals surface area contributed by atoms with Gasteiger partial charge in [-0.25, -0.2) is 4.39 Å². The summed E-state index contributed by atoms with van der Waals surface area (Å²) in [4.78, 5) is 33.4. The molecule has 0 N–H and O–H groups in total. The van der Waals surface area contributed by atoms with E-state index in [1.54, 1.807) is 24.4 Å². The molecule has 1 saturated carbocycles. The number of piperidine rings is 1. The molecule has 1 saturated heterocycles. The van der Waals surface area contributed by atoms with E-state index in [1.165, 1.54) is 31.4 Å². The zero-order valence-electron chi connectivity index (χ0n) is 26.5. The molecule has 4 aromatic rings. The number of rotatable bonds is 13. The van der Waals surface area contributed by atoms with Crippen LogP contribution in [0.25, 0.3) is 10.9 Å². The average Bonchev–Trinajstić information content (AvgIpc) is 3.92. The lowest BCUT2D eigenvalue weighted by atomic mass is 9.88. The highest BCUT2D eigenvalue weighted by Crippen LogP contribution is 2.50. The van der Waals surface area contributed by atoms with Gasteiger partial charge in [0.15, 0.2) is 23.1 Å². The topological polar surface area (TPSA) is 87.2 Å². The van der Waals surface area contributed by atoms with Crippen molar-refractivity contribution >= 4 is 22.5 Å². The molecule has 3 aliphatic rings. The van der Waals surface area contributed by atoms with Crippen LogP contribution in [0.4, 0.5) is 4.39 Å². The Kier molecular flexibility index (Phi) is 9.07. The van der Waals surface area contributed by atoms with Crippen molar-refractivity contribution in [1.82, 2.24) is 9.88 Å². The summed E-state index contributed by atoms with van der Waals surface area (Å²) in [6, 6.07) is 16.9. The van der Waals surface area contributed by atoms with Gasteiger partial charge in [0.1, 0.15) is 30.5 Å². The molecule has 1 aromatic heterocycles. The highest BCUT2D eigenvalue weighted by atomic mass is 19.1. The number of hydrogen-bond acceptors (Lipinski definition) is 8. The smallest absolute Gasteiger partial charge is 0.204 e. The van der Waals surface area contributed by atoms with Crippen molar-refractivity contribution in [2.24, 2.45) is 5.41 Å². The zero-order chi connectivity index (χ0) is 32.2. The molecule has 244 valence electrons. The van der Waals surface area contributed by atoms with Gasteiger partial charge in [-0.05, 0) is 86.7 Å². The van der Waals surface area contributed by atoms with Crippen LogP contribution in [0.5, 0.6) is 28.7 Å². The second-order valence-corrected chi connectivity index (χ2v) is 12.7. The fourth-order valence-electron chi connectivity index (χ4n) is 6.57. The summed E-state index contributed by atoms with van der Waals surface area (Å²) in [6.07, 6.45) is 7.90. The van der Waals surface area contributed by atoms with Crippen molar-refractivity contribution in [2.45, 2.75) is 51.4 Å². The number of benzene rings is 3. The van der Waals surface area contributed by atoms with Crippen LogP contribution in [-0.4, -0.2) is 60.9 Å². The van der Waals surface area contributed by atoms with Gasteiger partial charge in [0.2, 0.25) is 5.75 Å². The minimum absolute atomic E-state index is 0.0771. The Morgan fingerprint density at radius 2 is 1.49 bits per heavy atom. The first-order valence-electron chi connectivity index (χ1n) is 16.6. The quantitative estimate of drug-likeness (QED) is 0.116. The maximum Gasteiger partial charge on any atom is 0.204 e. The number of pyridine rings is 1. The number of likely N-dealkylation sites (tertiary alicyclic amines) is 1. The molecule has 0 unspecified atom stereocenters. The van der Waals surface area contributed by atoms with Crippen molar-refractivity contribution in [2.75, 3.05) is 39.5 Å². The first-order chi connectivity index (χ1) is 23.0. The number of nitrogens with zero attached hydrogens (tertiary/aromatic N) is 2. The number of carbonyl (C=O) groups is 2. The predicted molar refractivity (Wildman–Crippen MR) is 175 cm³/mol. The van der Waals surface area contributed by atoms with E-state index in [1.807, 2.05) is 30.3 Å². The number of Topliss-reactive ketones (excluding diaryl/α,β-unsaturated/α-hetero) is 2. The minimum atomic E-state index is -0.934. The highest BCUT2D eigenvalue weighted by molar-refractivity contribution is 6.11. The summed E-state index contributed by atoms with van der Waals surface area (Å²) < 4.78 is 38.0. The maximum absolute atomic E-state index is 13.3. The van der Waals surface area contributed by atoms with Crippen molar-refractivity contribution in [1.29, 1.82) is 0 Å². The molecule has 9 heteroatoms. The summed E-state index contributed by atoms with van der Waals surface area (Å²) in [7, 11) is 0. The Bertz CT molecular complexity index is 1750. The number of halogens is 1. The molecule has 8 nitrogen and oxygen atoms in total. The van der Waals surface area contributed by atoms with Crippen molar-refractivity contribution in [3.63, 3.8) is 0 Å². The zero-order valence-corrected chi connectivity index (χ0v) is 26.5. The normalized spacial score (nSPS) is 16.9. The third-order valence-electron chi connectivity index (χ3n) is 9.38. The molecule has 0 bridgehead atoms. The number of aromatic nitrogens is 1. The summed E-state index contributed by atoms with van der Waals surface area (Å²) >= 11 is 0. The summed E-state index contributed by atoms with van der Waals surface area (Å²) in [5.74, 6) is 2.38. The molecule has 2 aliphatic heterocycles. The number of hydrogen-bond donors (Lipinski definition) is 0. The predicted octanol–water partition coefficient (Wildman–Crippen LogP) is 6.90. The Labute approximate surface area is 273 Å². The van der Waals surface area contributed by atoms with Crippen LogP contribution in [0.1, 0.15) is 49.7 Å². The van der Waals surface area contributed by atoms with Gasteiger partial charge in [-0.15, -0.1) is 0 Å². The Balaban J connectivity index is 1.02. The van der Waals surface area contributed by atoms with Crippen molar-refractivity contribution in [3.05, 3.63) is 83.8 Å². The first-order valence-corrected chi connectivity index (χ1v) is 16.6. The third-order valence-corrected chi connectivity index (χ3v) is 9.38. The van der Waals surface area contributed by atoms with Crippen LogP contribution in [-0.2, 0) is 22.4 Å². The minimum Gasteiger partial charge on any atom is -0.489 e. The van der Waals surface area contributed by atoms with Gasteiger partial charge in [-0.3, -0.25) is 14.6 Å². The van der Waals surface area contributed by atoms with Crippen LogP contribution in [0.2, 0.25) is 0 Å². The molecule has 0 spiro atoms. The Morgan fingerprint density at radius 3 is 2.17 bits per heavy atom. The van der Waals surface area contributed by atoms with Crippen molar-refractivity contribution in [3.8, 4) is 28.7 Å². The van der Waals surface area contributed by atoms with Gasteiger partial charge in [-0.1, -0.05) is 30.7 Å². The monoisotopic (exact) mass is 638 g/mol. The standard InChI is InChI=1S/C38H39FN2O6/c39-28-9-5-26(6-10-28)23-33(42)38(14-15-38)34(43)24-27-7-11-29(12-8-27)47-31-13-16-40-30-25-32(36-37(35(30)31)46-22-21-45-36)44-20-4-19-41-17-2-1-3-18-41/h5-13,16,25H,1-4,14-15,17-24H2. The lowest BCUT2D eigenvalue weighted by Crippen LogP contribution is -2.31. The second-order valence-electron chi connectivity index (χ2n) is 12.7. The molecule has 3 heterocycles. The SMILES string of the molecule is O=C(Cc1ccc(F)cc1)C1(C(=O)Cc2ccc(Oc3ccnc4cc(OCCCN5CCCCC5)c5c(c34)OCCO5)cc2)CC1. The van der Waals surface area contributed by atoms with E-state index in [-0.39, 0.29) is 30.2 Å². The lowest BCUT2D eigenvalue weighted by Gasteiger charge is -2.26. The Morgan fingerprint density at radius 1 is 0.830 bits per heavy atom. The van der Waals surface area contributed by atoms with E-state index in [0.29, 0.717) is 77.9 Å². The van der Waals surface area contributed by atoms with Gasteiger partial charge >= 0.3 is 0 Å².